The molecule has 1 N–H and O–H groups in total. The minimum Gasteiger partial charge on any atom is -0.312 e. The molecule has 5 heteroatoms. The van der Waals surface area contributed by atoms with Crippen molar-refractivity contribution in [3.63, 3.8) is 0 Å². The molecule has 3 rings (SSSR count). The lowest BCUT2D eigenvalue weighted by Crippen LogP contribution is -2.53. The van der Waals surface area contributed by atoms with E-state index in [1.807, 2.05) is 6.07 Å². The van der Waals surface area contributed by atoms with Crippen molar-refractivity contribution in [3.05, 3.63) is 34.9 Å². The Labute approximate surface area is 145 Å². The smallest absolute Gasteiger partial charge is 0.0476 e. The SMILES string of the molecule is CC1CN(C(CN2CCN(C)CC2)c2cccc(Cl)c2)CCN1. The van der Waals surface area contributed by atoms with Gasteiger partial charge < -0.3 is 10.2 Å². The number of hydrogen-bond acceptors (Lipinski definition) is 4. The van der Waals surface area contributed by atoms with Gasteiger partial charge in [0.05, 0.1) is 0 Å². The molecule has 1 aromatic rings. The molecule has 2 saturated heterocycles. The molecule has 2 aliphatic heterocycles. The summed E-state index contributed by atoms with van der Waals surface area (Å²) in [6.07, 6.45) is 0. The molecule has 23 heavy (non-hydrogen) atoms. The molecule has 0 saturated carbocycles. The second-order valence-electron chi connectivity index (χ2n) is 7.02. The zero-order valence-corrected chi connectivity index (χ0v) is 15.1. The Bertz CT molecular complexity index is 502. The molecule has 0 spiro atoms. The second kappa shape index (κ2) is 7.95. The van der Waals surface area contributed by atoms with E-state index >= 15 is 0 Å². The number of nitrogens with one attached hydrogen (secondary N) is 1. The molecule has 2 atom stereocenters. The Kier molecular flexibility index (Phi) is 5.94. The maximum Gasteiger partial charge on any atom is 0.0476 e. The van der Waals surface area contributed by atoms with Crippen molar-refractivity contribution in [2.75, 3.05) is 59.4 Å². The van der Waals surface area contributed by atoms with E-state index in [1.54, 1.807) is 0 Å². The molecule has 0 radical (unpaired) electrons. The third-order valence-electron chi connectivity index (χ3n) is 5.10. The Balaban J connectivity index is 1.75. The molecule has 128 valence electrons. The van der Waals surface area contributed by atoms with Crippen molar-refractivity contribution in [1.82, 2.24) is 20.0 Å². The first kappa shape index (κ1) is 17.2. The minimum atomic E-state index is 0.432. The van der Waals surface area contributed by atoms with Gasteiger partial charge in [0.2, 0.25) is 0 Å². The average Bonchev–Trinajstić information content (AvgIpc) is 2.54. The van der Waals surface area contributed by atoms with E-state index in [2.05, 4.69) is 52.2 Å². The van der Waals surface area contributed by atoms with Crippen LogP contribution in [0.2, 0.25) is 5.02 Å². The van der Waals surface area contributed by atoms with Gasteiger partial charge in [-0.25, -0.2) is 0 Å². The highest BCUT2D eigenvalue weighted by Crippen LogP contribution is 2.26. The van der Waals surface area contributed by atoms with E-state index in [9.17, 15) is 0 Å². The van der Waals surface area contributed by atoms with Gasteiger partial charge >= 0.3 is 0 Å². The lowest BCUT2D eigenvalue weighted by Gasteiger charge is -2.42. The molecule has 2 unspecified atom stereocenters. The zero-order chi connectivity index (χ0) is 16.2. The van der Waals surface area contributed by atoms with Crippen molar-refractivity contribution in [2.24, 2.45) is 0 Å². The van der Waals surface area contributed by atoms with E-state index in [0.29, 0.717) is 12.1 Å². The Morgan fingerprint density at radius 3 is 2.70 bits per heavy atom. The van der Waals surface area contributed by atoms with E-state index < -0.39 is 0 Å². The molecule has 2 fully saturated rings. The summed E-state index contributed by atoms with van der Waals surface area (Å²) in [6.45, 7) is 11.3. The average molecular weight is 337 g/mol. The highest BCUT2D eigenvalue weighted by Gasteiger charge is 2.27. The van der Waals surface area contributed by atoms with Crippen molar-refractivity contribution >= 4 is 11.6 Å². The van der Waals surface area contributed by atoms with Crippen molar-refractivity contribution in [3.8, 4) is 0 Å². The van der Waals surface area contributed by atoms with Crippen LogP contribution in [0.1, 0.15) is 18.5 Å². The molecule has 0 aliphatic carbocycles. The van der Waals surface area contributed by atoms with Gasteiger partial charge in [0.25, 0.3) is 0 Å². The molecule has 2 aliphatic rings. The highest BCUT2D eigenvalue weighted by atomic mass is 35.5. The summed E-state index contributed by atoms with van der Waals surface area (Å²) in [5.41, 5.74) is 1.35. The summed E-state index contributed by atoms with van der Waals surface area (Å²) in [4.78, 5) is 7.65. The fourth-order valence-electron chi connectivity index (χ4n) is 3.67. The Morgan fingerprint density at radius 2 is 2.00 bits per heavy atom. The van der Waals surface area contributed by atoms with Gasteiger partial charge in [0.15, 0.2) is 0 Å². The van der Waals surface area contributed by atoms with Gasteiger partial charge in [0, 0.05) is 69.5 Å². The van der Waals surface area contributed by atoms with Gasteiger partial charge in [-0.2, -0.15) is 0 Å². The number of halogens is 1. The first-order valence-electron chi connectivity index (χ1n) is 8.75. The molecule has 0 bridgehead atoms. The van der Waals surface area contributed by atoms with E-state index in [1.165, 1.54) is 18.7 Å². The summed E-state index contributed by atoms with van der Waals surface area (Å²) >= 11 is 6.27. The summed E-state index contributed by atoms with van der Waals surface area (Å²) in [6, 6.07) is 9.42. The van der Waals surface area contributed by atoms with Gasteiger partial charge in [-0.15, -0.1) is 0 Å². The van der Waals surface area contributed by atoms with Crippen LogP contribution in [0.5, 0.6) is 0 Å². The molecular weight excluding hydrogens is 308 g/mol. The van der Waals surface area contributed by atoms with Gasteiger partial charge in [0.1, 0.15) is 0 Å². The highest BCUT2D eigenvalue weighted by molar-refractivity contribution is 6.30. The topological polar surface area (TPSA) is 21.8 Å². The number of hydrogen-bond donors (Lipinski definition) is 1. The van der Waals surface area contributed by atoms with Crippen LogP contribution in [0.25, 0.3) is 0 Å². The van der Waals surface area contributed by atoms with E-state index in [0.717, 1.165) is 44.3 Å². The number of benzene rings is 1. The Morgan fingerprint density at radius 1 is 1.22 bits per heavy atom. The first-order valence-corrected chi connectivity index (χ1v) is 9.13. The third kappa shape index (κ3) is 4.68. The Hall–Kier alpha value is -0.650. The maximum atomic E-state index is 6.27. The van der Waals surface area contributed by atoms with Crippen molar-refractivity contribution < 1.29 is 0 Å². The minimum absolute atomic E-state index is 0.432. The summed E-state index contributed by atoms with van der Waals surface area (Å²) < 4.78 is 0. The monoisotopic (exact) mass is 336 g/mol. The zero-order valence-electron chi connectivity index (χ0n) is 14.3. The molecule has 4 nitrogen and oxygen atoms in total. The van der Waals surface area contributed by atoms with Gasteiger partial charge in [-0.05, 0) is 31.7 Å². The number of piperazine rings is 2. The molecule has 0 aromatic heterocycles. The lowest BCUT2D eigenvalue weighted by molar-refractivity contribution is 0.0835. The van der Waals surface area contributed by atoms with Gasteiger partial charge in [-0.1, -0.05) is 23.7 Å². The third-order valence-corrected chi connectivity index (χ3v) is 5.34. The number of likely N-dealkylation sites (N-methyl/N-ethyl adjacent to an activating group) is 1. The van der Waals surface area contributed by atoms with E-state index in [4.69, 9.17) is 11.6 Å². The normalized spacial score (nSPS) is 26.3. The number of nitrogens with zero attached hydrogens (tertiary/aromatic N) is 3. The van der Waals surface area contributed by atoms with E-state index in [-0.39, 0.29) is 0 Å². The van der Waals surface area contributed by atoms with Crippen LogP contribution in [-0.4, -0.2) is 80.1 Å². The maximum absolute atomic E-state index is 6.27. The van der Waals surface area contributed by atoms with Crippen LogP contribution in [0.3, 0.4) is 0 Å². The predicted octanol–water partition coefficient (Wildman–Crippen LogP) is 1.92. The van der Waals surface area contributed by atoms with Crippen LogP contribution in [-0.2, 0) is 0 Å². The fourth-order valence-corrected chi connectivity index (χ4v) is 3.86. The fraction of sp³-hybridized carbons (Fsp3) is 0.667. The lowest BCUT2D eigenvalue weighted by atomic mass is 10.0. The molecular formula is C18H29ClN4. The van der Waals surface area contributed by atoms with Crippen molar-refractivity contribution in [2.45, 2.75) is 19.0 Å². The quantitative estimate of drug-likeness (QED) is 0.906. The second-order valence-corrected chi connectivity index (χ2v) is 7.46. The first-order chi connectivity index (χ1) is 11.1. The summed E-state index contributed by atoms with van der Waals surface area (Å²) in [5, 5.41) is 4.39. The van der Waals surface area contributed by atoms with Crippen LogP contribution in [0.4, 0.5) is 0 Å². The van der Waals surface area contributed by atoms with Crippen LogP contribution < -0.4 is 5.32 Å². The van der Waals surface area contributed by atoms with Crippen LogP contribution in [0.15, 0.2) is 24.3 Å². The molecule has 2 heterocycles. The standard InChI is InChI=1S/C18H29ClN4/c1-15-13-23(7-6-20-15)18(16-4-3-5-17(19)12-16)14-22-10-8-21(2)9-11-22/h3-5,12,15,18,20H,6-11,13-14H2,1-2H3. The number of rotatable bonds is 4. The summed E-state index contributed by atoms with van der Waals surface area (Å²) in [5.74, 6) is 0. The van der Waals surface area contributed by atoms with Crippen molar-refractivity contribution in [1.29, 1.82) is 0 Å². The van der Waals surface area contributed by atoms with Crippen LogP contribution >= 0.6 is 11.6 Å². The predicted molar refractivity (Wildman–Crippen MR) is 97.2 cm³/mol. The molecule has 0 amide bonds. The van der Waals surface area contributed by atoms with Crippen LogP contribution in [0, 0.1) is 0 Å². The molecule has 1 aromatic carbocycles. The van der Waals surface area contributed by atoms with Gasteiger partial charge in [-0.3, -0.25) is 9.80 Å². The summed E-state index contributed by atoms with van der Waals surface area (Å²) in [7, 11) is 2.21. The largest absolute Gasteiger partial charge is 0.312 e.